The minimum absolute atomic E-state index is 0.152. The average molecular weight is 274 g/mol. The van der Waals surface area contributed by atoms with Crippen LogP contribution in [0.5, 0.6) is 0 Å². The largest absolute Gasteiger partial charge is 0.338 e. The molecule has 0 radical (unpaired) electrons. The summed E-state index contributed by atoms with van der Waals surface area (Å²) in [6.07, 6.45) is 1.88. The molecule has 0 saturated carbocycles. The zero-order valence-corrected chi connectivity index (χ0v) is 11.8. The van der Waals surface area contributed by atoms with Gasteiger partial charge in [0.15, 0.2) is 0 Å². The fraction of sp³-hybridized carbons (Fsp3) is 0.267. The van der Waals surface area contributed by atoms with E-state index >= 15 is 0 Å². The molecule has 0 aliphatic carbocycles. The number of aryl methyl sites for hydroxylation is 1. The lowest BCUT2D eigenvalue weighted by Crippen LogP contribution is -2.30. The molecule has 100 valence electrons. The molecular weight excluding hydrogens is 256 g/mol. The number of thiophene rings is 1. The lowest BCUT2D eigenvalue weighted by atomic mass is 10.1. The predicted octanol–water partition coefficient (Wildman–Crippen LogP) is 3.67. The van der Waals surface area contributed by atoms with Crippen molar-refractivity contribution in [1.82, 2.24) is 5.32 Å². The van der Waals surface area contributed by atoms with E-state index in [1.165, 1.54) is 10.4 Å². The van der Waals surface area contributed by atoms with Crippen molar-refractivity contribution in [2.45, 2.75) is 19.8 Å². The van der Waals surface area contributed by atoms with Crippen LogP contribution >= 0.6 is 11.3 Å². The van der Waals surface area contributed by atoms with E-state index in [9.17, 15) is 4.79 Å². The van der Waals surface area contributed by atoms with E-state index in [1.807, 2.05) is 35.7 Å². The molecule has 0 unspecified atom stereocenters. The Morgan fingerprint density at radius 3 is 2.63 bits per heavy atom. The fourth-order valence-electron chi connectivity index (χ4n) is 1.75. The smallest absolute Gasteiger partial charge is 0.319 e. The second-order valence-electron chi connectivity index (χ2n) is 4.26. The van der Waals surface area contributed by atoms with Crippen molar-refractivity contribution in [2.75, 3.05) is 11.9 Å². The van der Waals surface area contributed by atoms with E-state index in [0.29, 0.717) is 6.54 Å². The molecule has 0 aliphatic heterocycles. The van der Waals surface area contributed by atoms with E-state index in [1.54, 1.807) is 11.3 Å². The molecule has 19 heavy (non-hydrogen) atoms. The van der Waals surface area contributed by atoms with E-state index in [2.05, 4.69) is 23.6 Å². The van der Waals surface area contributed by atoms with Crippen molar-refractivity contribution < 1.29 is 4.79 Å². The number of rotatable bonds is 5. The van der Waals surface area contributed by atoms with Crippen LogP contribution in [0.4, 0.5) is 10.5 Å². The second kappa shape index (κ2) is 6.95. The van der Waals surface area contributed by atoms with E-state index < -0.39 is 0 Å². The Labute approximate surface area is 117 Å². The highest BCUT2D eigenvalue weighted by Gasteiger charge is 2.01. The number of hydrogen-bond donors (Lipinski definition) is 2. The number of hydrogen-bond acceptors (Lipinski definition) is 2. The van der Waals surface area contributed by atoms with Gasteiger partial charge in [0.1, 0.15) is 0 Å². The predicted molar refractivity (Wildman–Crippen MR) is 80.9 cm³/mol. The van der Waals surface area contributed by atoms with Crippen LogP contribution in [-0.2, 0) is 12.8 Å². The Balaban J connectivity index is 1.74. The fourth-order valence-corrected chi connectivity index (χ4v) is 2.46. The Morgan fingerprint density at radius 1 is 1.21 bits per heavy atom. The van der Waals surface area contributed by atoms with Crippen LogP contribution in [0, 0.1) is 0 Å². The van der Waals surface area contributed by atoms with Gasteiger partial charge in [0.2, 0.25) is 0 Å². The third-order valence-electron chi connectivity index (χ3n) is 2.86. The molecule has 0 atom stereocenters. The maximum Gasteiger partial charge on any atom is 0.319 e. The van der Waals surface area contributed by atoms with Crippen molar-refractivity contribution in [3.8, 4) is 0 Å². The maximum absolute atomic E-state index is 11.7. The zero-order chi connectivity index (χ0) is 13.5. The SMILES string of the molecule is CCc1ccc(NC(=O)NCCc2cccs2)cc1. The molecule has 2 N–H and O–H groups in total. The van der Waals surface area contributed by atoms with Gasteiger partial charge in [0, 0.05) is 17.1 Å². The van der Waals surface area contributed by atoms with Gasteiger partial charge in [-0.2, -0.15) is 0 Å². The molecule has 0 fully saturated rings. The Morgan fingerprint density at radius 2 is 2.00 bits per heavy atom. The summed E-state index contributed by atoms with van der Waals surface area (Å²) >= 11 is 1.71. The van der Waals surface area contributed by atoms with E-state index in [4.69, 9.17) is 0 Å². The van der Waals surface area contributed by atoms with Crippen LogP contribution in [0.25, 0.3) is 0 Å². The summed E-state index contributed by atoms with van der Waals surface area (Å²) < 4.78 is 0. The number of anilines is 1. The molecule has 0 saturated heterocycles. The number of urea groups is 1. The molecule has 2 amide bonds. The lowest BCUT2D eigenvalue weighted by Gasteiger charge is -2.07. The van der Waals surface area contributed by atoms with Gasteiger partial charge < -0.3 is 10.6 Å². The highest BCUT2D eigenvalue weighted by atomic mass is 32.1. The summed E-state index contributed by atoms with van der Waals surface area (Å²) in [7, 11) is 0. The van der Waals surface area contributed by atoms with Crippen molar-refractivity contribution in [2.24, 2.45) is 0 Å². The number of carbonyl (C=O) groups excluding carboxylic acids is 1. The van der Waals surface area contributed by atoms with E-state index in [-0.39, 0.29) is 6.03 Å². The van der Waals surface area contributed by atoms with Crippen LogP contribution < -0.4 is 10.6 Å². The van der Waals surface area contributed by atoms with Crippen molar-refractivity contribution >= 4 is 23.1 Å². The standard InChI is InChI=1S/C15H18N2OS/c1-2-12-5-7-13(8-6-12)17-15(18)16-10-9-14-4-3-11-19-14/h3-8,11H,2,9-10H2,1H3,(H2,16,17,18). The molecule has 0 spiro atoms. The van der Waals surface area contributed by atoms with Crippen LogP contribution in [0.1, 0.15) is 17.4 Å². The van der Waals surface area contributed by atoms with Gasteiger partial charge in [-0.15, -0.1) is 11.3 Å². The van der Waals surface area contributed by atoms with Gasteiger partial charge in [0.05, 0.1) is 0 Å². The highest BCUT2D eigenvalue weighted by molar-refractivity contribution is 7.09. The summed E-state index contributed by atoms with van der Waals surface area (Å²) in [5, 5.41) is 7.73. The van der Waals surface area contributed by atoms with Crippen LogP contribution in [-0.4, -0.2) is 12.6 Å². The molecule has 1 aromatic carbocycles. The van der Waals surface area contributed by atoms with Crippen molar-refractivity contribution in [1.29, 1.82) is 0 Å². The Kier molecular flexibility index (Phi) is 4.98. The summed E-state index contributed by atoms with van der Waals surface area (Å²) in [5.41, 5.74) is 2.09. The number of carbonyl (C=O) groups is 1. The van der Waals surface area contributed by atoms with Crippen molar-refractivity contribution in [3.63, 3.8) is 0 Å². The Hall–Kier alpha value is -1.81. The first-order valence-corrected chi connectivity index (χ1v) is 7.32. The normalized spacial score (nSPS) is 10.2. The summed E-state index contributed by atoms with van der Waals surface area (Å²) in [4.78, 5) is 13.0. The first-order valence-electron chi connectivity index (χ1n) is 6.44. The number of amides is 2. The first kappa shape index (κ1) is 13.6. The molecule has 3 nitrogen and oxygen atoms in total. The minimum Gasteiger partial charge on any atom is -0.338 e. The zero-order valence-electron chi connectivity index (χ0n) is 11.0. The molecule has 1 aromatic heterocycles. The highest BCUT2D eigenvalue weighted by Crippen LogP contribution is 2.10. The summed E-state index contributed by atoms with van der Waals surface area (Å²) in [6.45, 7) is 2.76. The first-order chi connectivity index (χ1) is 9.28. The second-order valence-corrected chi connectivity index (χ2v) is 5.29. The topological polar surface area (TPSA) is 41.1 Å². The molecule has 0 aliphatic rings. The number of nitrogens with one attached hydrogen (secondary N) is 2. The quantitative estimate of drug-likeness (QED) is 0.858. The molecule has 2 aromatic rings. The van der Waals surface area contributed by atoms with Gasteiger partial charge in [-0.3, -0.25) is 0 Å². The third-order valence-corrected chi connectivity index (χ3v) is 3.79. The lowest BCUT2D eigenvalue weighted by molar-refractivity contribution is 0.252. The van der Waals surface area contributed by atoms with Crippen LogP contribution in [0.2, 0.25) is 0 Å². The van der Waals surface area contributed by atoms with Gasteiger partial charge in [-0.1, -0.05) is 25.1 Å². The van der Waals surface area contributed by atoms with Crippen molar-refractivity contribution in [3.05, 3.63) is 52.2 Å². The molecular formula is C15H18N2OS. The average Bonchev–Trinajstić information content (AvgIpc) is 2.93. The van der Waals surface area contributed by atoms with Crippen LogP contribution in [0.3, 0.4) is 0 Å². The Bertz CT molecular complexity index is 505. The molecule has 1 heterocycles. The summed E-state index contributed by atoms with van der Waals surface area (Å²) in [6, 6.07) is 11.9. The third kappa shape index (κ3) is 4.41. The maximum atomic E-state index is 11.7. The van der Waals surface area contributed by atoms with Gasteiger partial charge in [0.25, 0.3) is 0 Å². The molecule has 2 rings (SSSR count). The summed E-state index contributed by atoms with van der Waals surface area (Å²) in [5.74, 6) is 0. The minimum atomic E-state index is -0.152. The molecule has 4 heteroatoms. The van der Waals surface area contributed by atoms with Gasteiger partial charge in [-0.25, -0.2) is 4.79 Å². The van der Waals surface area contributed by atoms with Gasteiger partial charge >= 0.3 is 6.03 Å². The van der Waals surface area contributed by atoms with Crippen LogP contribution in [0.15, 0.2) is 41.8 Å². The van der Waals surface area contributed by atoms with E-state index in [0.717, 1.165) is 18.5 Å². The van der Waals surface area contributed by atoms with Gasteiger partial charge in [-0.05, 0) is 42.0 Å². The molecule has 0 bridgehead atoms. The monoisotopic (exact) mass is 274 g/mol. The number of benzene rings is 1.